The topological polar surface area (TPSA) is 51.0 Å². The van der Waals surface area contributed by atoms with Gasteiger partial charge in [0, 0.05) is 48.0 Å². The molecule has 5 nitrogen and oxygen atoms in total. The molecule has 166 valence electrons. The first-order valence-corrected chi connectivity index (χ1v) is 13.0. The maximum atomic E-state index is 15.1. The van der Waals surface area contributed by atoms with Gasteiger partial charge in [0.2, 0.25) is 0 Å². The first-order valence-electron chi connectivity index (χ1n) is 10.8. The molecule has 2 atom stereocenters. The van der Waals surface area contributed by atoms with Crippen LogP contribution in [0.1, 0.15) is 40.3 Å². The Labute approximate surface area is 190 Å². The van der Waals surface area contributed by atoms with E-state index in [9.17, 15) is 4.79 Å². The van der Waals surface area contributed by atoms with Gasteiger partial charge in [-0.15, -0.1) is 0 Å². The number of hydrogen-bond acceptors (Lipinski definition) is 3. The molecular weight excluding hydrogens is 441 g/mol. The zero-order chi connectivity index (χ0) is 23.0. The van der Waals surface area contributed by atoms with Crippen LogP contribution in [0.3, 0.4) is 0 Å². The minimum atomic E-state index is -0.410. The lowest BCUT2D eigenvalue weighted by Gasteiger charge is -2.23. The van der Waals surface area contributed by atoms with Gasteiger partial charge < -0.3 is 9.47 Å². The van der Waals surface area contributed by atoms with E-state index in [1.165, 1.54) is 12.1 Å². The molecule has 8 heteroatoms. The minimum absolute atomic E-state index is 0.222. The number of carbonyl (C=O) groups excluding carboxylic acids is 1. The largest absolute Gasteiger partial charge is 0.331 e. The predicted octanol–water partition coefficient (Wildman–Crippen LogP) is 4.86. The molecule has 0 fully saturated rings. The van der Waals surface area contributed by atoms with E-state index in [-0.39, 0.29) is 31.7 Å². The number of fused-ring (bicyclic) bond motifs is 9. The second-order valence-electron chi connectivity index (χ2n) is 8.84. The van der Waals surface area contributed by atoms with Crippen molar-refractivity contribution in [3.63, 3.8) is 0 Å². The summed E-state index contributed by atoms with van der Waals surface area (Å²) >= 11 is 0. The van der Waals surface area contributed by atoms with Gasteiger partial charge in [-0.2, -0.15) is 0 Å². The molecule has 2 unspecified atom stereocenters. The van der Waals surface area contributed by atoms with Crippen LogP contribution in [0.4, 0.5) is 8.78 Å². The lowest BCUT2D eigenvalue weighted by molar-refractivity contribution is 0.0734. The summed E-state index contributed by atoms with van der Waals surface area (Å²) in [6.45, 7) is 4.25. The Balaban J connectivity index is 1.58. The summed E-state index contributed by atoms with van der Waals surface area (Å²) in [5, 5.41) is 0. The third-order valence-corrected chi connectivity index (χ3v) is 7.96. The van der Waals surface area contributed by atoms with Gasteiger partial charge in [0.15, 0.2) is 0 Å². The first kappa shape index (κ1) is 20.4. The van der Waals surface area contributed by atoms with Crippen LogP contribution in [0.25, 0.3) is 22.2 Å². The first-order chi connectivity index (χ1) is 15.8. The quantitative estimate of drug-likeness (QED) is 0.400. The van der Waals surface area contributed by atoms with Gasteiger partial charge in [0.05, 0.1) is 28.6 Å². The summed E-state index contributed by atoms with van der Waals surface area (Å²) in [5.74, 6) is -0.358. The van der Waals surface area contributed by atoms with Crippen molar-refractivity contribution >= 4 is 30.3 Å². The number of hydrogen-bond donors (Lipinski definition) is 0. The fourth-order valence-electron chi connectivity index (χ4n) is 5.12. The van der Waals surface area contributed by atoms with E-state index in [0.29, 0.717) is 40.0 Å². The number of halogens is 2. The van der Waals surface area contributed by atoms with E-state index in [1.54, 1.807) is 36.3 Å². The summed E-state index contributed by atoms with van der Waals surface area (Å²) < 4.78 is 32.2. The van der Waals surface area contributed by atoms with E-state index in [4.69, 9.17) is 4.98 Å². The van der Waals surface area contributed by atoms with Crippen molar-refractivity contribution in [2.24, 2.45) is 0 Å². The standard InChI is InChI=1S/C25H21F2N4OP/c1-30-21-11-20(23-14(25(30)32)5-4-6-16(23)26)31-19-9-15(17(27)10-18(19)29-24(21)31)13-7-8-22(28-12-13)33(2)3/h4-10,12,20-21H,11H2,1-3H3. The van der Waals surface area contributed by atoms with Gasteiger partial charge in [0.25, 0.3) is 5.91 Å². The van der Waals surface area contributed by atoms with Crippen LogP contribution in [0.5, 0.6) is 0 Å². The zero-order valence-corrected chi connectivity index (χ0v) is 19.3. The molecular formula is C25H21F2N4OP. The van der Waals surface area contributed by atoms with Crippen molar-refractivity contribution in [3.8, 4) is 11.1 Å². The number of nitrogens with zero attached hydrogens (tertiary/aromatic N) is 4. The monoisotopic (exact) mass is 462 g/mol. The maximum absolute atomic E-state index is 15.1. The van der Waals surface area contributed by atoms with Crippen LogP contribution >= 0.6 is 7.92 Å². The molecule has 2 aliphatic heterocycles. The number of amides is 1. The number of aromatic nitrogens is 3. The fourth-order valence-corrected chi connectivity index (χ4v) is 5.78. The molecule has 33 heavy (non-hydrogen) atoms. The Hall–Kier alpha value is -3.18. The van der Waals surface area contributed by atoms with Crippen LogP contribution in [0.2, 0.25) is 0 Å². The van der Waals surface area contributed by atoms with E-state index in [1.807, 2.05) is 16.7 Å². The van der Waals surface area contributed by atoms with Crippen LogP contribution in [-0.4, -0.2) is 45.7 Å². The van der Waals surface area contributed by atoms with Crippen molar-refractivity contribution in [2.75, 3.05) is 20.4 Å². The van der Waals surface area contributed by atoms with Gasteiger partial charge in [0.1, 0.15) is 17.5 Å². The van der Waals surface area contributed by atoms with Gasteiger partial charge in [-0.3, -0.25) is 9.78 Å². The molecule has 0 saturated carbocycles. The van der Waals surface area contributed by atoms with Crippen LogP contribution in [-0.2, 0) is 0 Å². The Morgan fingerprint density at radius 3 is 2.58 bits per heavy atom. The Morgan fingerprint density at radius 1 is 1.03 bits per heavy atom. The maximum Gasteiger partial charge on any atom is 0.254 e. The number of rotatable bonds is 2. The fraction of sp³-hybridized carbons (Fsp3) is 0.240. The molecule has 0 radical (unpaired) electrons. The predicted molar refractivity (Wildman–Crippen MR) is 125 cm³/mol. The highest BCUT2D eigenvalue weighted by atomic mass is 31.1. The average Bonchev–Trinajstić information content (AvgIpc) is 3.31. The molecule has 2 aliphatic rings. The molecule has 2 aromatic heterocycles. The Kier molecular flexibility index (Phi) is 4.43. The molecule has 2 aromatic carbocycles. The Morgan fingerprint density at radius 2 is 1.85 bits per heavy atom. The van der Waals surface area contributed by atoms with Crippen LogP contribution < -0.4 is 5.44 Å². The summed E-state index contributed by atoms with van der Waals surface area (Å²) in [6.07, 6.45) is 2.24. The molecule has 4 aromatic rings. The third kappa shape index (κ3) is 2.88. The van der Waals surface area contributed by atoms with Gasteiger partial charge in [-0.25, -0.2) is 13.8 Å². The highest BCUT2D eigenvalue weighted by Gasteiger charge is 2.44. The van der Waals surface area contributed by atoms with Crippen molar-refractivity contribution in [2.45, 2.75) is 18.5 Å². The van der Waals surface area contributed by atoms with Crippen molar-refractivity contribution in [3.05, 3.63) is 77.2 Å². The molecule has 6 rings (SSSR count). The van der Waals surface area contributed by atoms with Gasteiger partial charge >= 0.3 is 0 Å². The summed E-state index contributed by atoms with van der Waals surface area (Å²) in [5.41, 5.74) is 4.09. The normalized spacial score (nSPS) is 19.2. The average molecular weight is 462 g/mol. The number of benzene rings is 2. The molecule has 0 N–H and O–H groups in total. The number of imidazole rings is 1. The number of carbonyl (C=O) groups is 1. The van der Waals surface area contributed by atoms with Gasteiger partial charge in [-0.05, 0) is 37.6 Å². The lowest BCUT2D eigenvalue weighted by Crippen LogP contribution is -2.30. The second kappa shape index (κ2) is 7.16. The highest BCUT2D eigenvalue weighted by Crippen LogP contribution is 2.48. The second-order valence-corrected chi connectivity index (χ2v) is 11.1. The van der Waals surface area contributed by atoms with Crippen LogP contribution in [0, 0.1) is 11.6 Å². The van der Waals surface area contributed by atoms with E-state index < -0.39 is 5.82 Å². The molecule has 0 aliphatic carbocycles. The number of pyridine rings is 1. The third-order valence-electron chi connectivity index (χ3n) is 6.78. The summed E-state index contributed by atoms with van der Waals surface area (Å²) in [6, 6.07) is 11.0. The van der Waals surface area contributed by atoms with Crippen molar-refractivity contribution < 1.29 is 13.6 Å². The highest BCUT2D eigenvalue weighted by molar-refractivity contribution is 7.63. The Bertz CT molecular complexity index is 1450. The zero-order valence-electron chi connectivity index (χ0n) is 18.4. The molecule has 0 saturated heterocycles. The molecule has 1 amide bonds. The molecule has 4 heterocycles. The van der Waals surface area contributed by atoms with E-state index in [0.717, 1.165) is 11.0 Å². The summed E-state index contributed by atoms with van der Waals surface area (Å²) in [7, 11) is 1.38. The van der Waals surface area contributed by atoms with Gasteiger partial charge in [-0.1, -0.05) is 20.1 Å². The smallest absolute Gasteiger partial charge is 0.254 e. The minimum Gasteiger partial charge on any atom is -0.331 e. The van der Waals surface area contributed by atoms with Crippen LogP contribution in [0.15, 0.2) is 48.7 Å². The van der Waals surface area contributed by atoms with Crippen molar-refractivity contribution in [1.29, 1.82) is 0 Å². The van der Waals surface area contributed by atoms with E-state index in [2.05, 4.69) is 18.3 Å². The SMILES string of the molecule is CN1C(=O)c2cccc(F)c2C2CC1c1nc3cc(F)c(-c4ccc(P(C)C)nc4)cc3n12. The van der Waals surface area contributed by atoms with E-state index >= 15 is 8.78 Å². The molecule has 2 bridgehead atoms. The van der Waals surface area contributed by atoms with Crippen molar-refractivity contribution in [1.82, 2.24) is 19.4 Å². The molecule has 0 spiro atoms. The lowest BCUT2D eigenvalue weighted by atomic mass is 9.98. The summed E-state index contributed by atoms with van der Waals surface area (Å²) in [4.78, 5) is 23.8.